The summed E-state index contributed by atoms with van der Waals surface area (Å²) in [5.74, 6) is -0.842. The Bertz CT molecular complexity index is 1580. The molecule has 5 N–H and O–H groups in total. The number of aliphatic hydroxyl groups excluding tert-OH is 2. The summed E-state index contributed by atoms with van der Waals surface area (Å²) in [6.45, 7) is 6.85. The van der Waals surface area contributed by atoms with E-state index in [1.54, 1.807) is 19.2 Å². The number of sulfonamides is 1. The monoisotopic (exact) mass is 688 g/mol. The number of thiazole rings is 1. The van der Waals surface area contributed by atoms with Gasteiger partial charge in [-0.15, -0.1) is 11.3 Å². The number of carbonyl (C=O) groups excluding carboxylic acids is 2. The summed E-state index contributed by atoms with van der Waals surface area (Å²) < 4.78 is 28.7. The molecule has 1 heterocycles. The molecule has 0 aliphatic carbocycles. The van der Waals surface area contributed by atoms with Crippen LogP contribution in [0.3, 0.4) is 0 Å². The highest BCUT2D eigenvalue weighted by Crippen LogP contribution is 2.20. The first-order valence-electron chi connectivity index (χ1n) is 15.1. The number of nitrogens with one attached hydrogen (secondary N) is 2. The van der Waals surface area contributed by atoms with Gasteiger partial charge in [-0.2, -0.15) is 4.31 Å². The smallest absolute Gasteiger partial charge is 0.318 e. The summed E-state index contributed by atoms with van der Waals surface area (Å²) in [5, 5.41) is 41.8. The lowest BCUT2D eigenvalue weighted by atomic mass is 10.00. The normalized spacial score (nSPS) is 14.6. The van der Waals surface area contributed by atoms with Crippen molar-refractivity contribution in [1.29, 1.82) is 0 Å². The van der Waals surface area contributed by atoms with Gasteiger partial charge in [0, 0.05) is 25.5 Å². The molecule has 0 radical (unpaired) electrons. The molecule has 1 aromatic heterocycles. The van der Waals surface area contributed by atoms with Crippen molar-refractivity contribution in [1.82, 2.24) is 24.8 Å². The Morgan fingerprint density at radius 1 is 1.02 bits per heavy atom. The van der Waals surface area contributed by atoms with Gasteiger partial charge in [0.25, 0.3) is 0 Å². The lowest BCUT2D eigenvalue weighted by Crippen LogP contribution is -2.59. The molecule has 0 spiro atoms. The number of aryl methyl sites for hydroxylation is 1. The molecule has 3 aromatic rings. The Kier molecular flexibility index (Phi) is 13.8. The first-order valence-corrected chi connectivity index (χ1v) is 17.4. The minimum Gasteiger partial charge on any atom is -0.411 e. The quantitative estimate of drug-likeness (QED) is 0.0864. The summed E-state index contributed by atoms with van der Waals surface area (Å²) in [6.07, 6.45) is -1.36. The summed E-state index contributed by atoms with van der Waals surface area (Å²) in [5.41, 5.74) is 1.95. The van der Waals surface area contributed by atoms with Gasteiger partial charge >= 0.3 is 6.03 Å². The number of oxime groups is 1. The zero-order valence-corrected chi connectivity index (χ0v) is 28.8. The van der Waals surface area contributed by atoms with Crippen molar-refractivity contribution in [3.63, 3.8) is 0 Å². The lowest BCUT2D eigenvalue weighted by molar-refractivity contribution is -0.127. The summed E-state index contributed by atoms with van der Waals surface area (Å²) in [4.78, 5) is 32.3. The maximum Gasteiger partial charge on any atom is 0.318 e. The molecule has 256 valence electrons. The van der Waals surface area contributed by atoms with Crippen LogP contribution in [-0.2, 0) is 27.8 Å². The van der Waals surface area contributed by atoms with Crippen LogP contribution in [-0.4, -0.2) is 101 Å². The van der Waals surface area contributed by atoms with Crippen LogP contribution in [0.5, 0.6) is 0 Å². The van der Waals surface area contributed by atoms with Crippen LogP contribution >= 0.6 is 11.3 Å². The molecule has 3 amide bonds. The largest absolute Gasteiger partial charge is 0.411 e. The maximum atomic E-state index is 13.7. The minimum absolute atomic E-state index is 0.0158. The number of aromatic nitrogens is 1. The number of aliphatic hydroxyl groups is 2. The van der Waals surface area contributed by atoms with Gasteiger partial charge in [-0.05, 0) is 49.4 Å². The highest BCUT2D eigenvalue weighted by Gasteiger charge is 2.34. The van der Waals surface area contributed by atoms with E-state index in [4.69, 9.17) is 5.21 Å². The highest BCUT2D eigenvalue weighted by molar-refractivity contribution is 7.89. The molecule has 0 bridgehead atoms. The van der Waals surface area contributed by atoms with Gasteiger partial charge in [0.1, 0.15) is 6.04 Å². The van der Waals surface area contributed by atoms with Gasteiger partial charge in [0.15, 0.2) is 0 Å². The zero-order chi connectivity index (χ0) is 34.7. The topological polar surface area (TPSA) is 185 Å². The molecule has 3 rings (SSSR count). The van der Waals surface area contributed by atoms with E-state index < -0.39 is 46.3 Å². The Morgan fingerprint density at radius 2 is 1.68 bits per heavy atom. The Balaban J connectivity index is 1.84. The van der Waals surface area contributed by atoms with Crippen LogP contribution in [0.4, 0.5) is 4.79 Å². The molecule has 0 unspecified atom stereocenters. The molecule has 0 aliphatic heterocycles. The molecule has 0 saturated heterocycles. The fraction of sp³-hybridized carbons (Fsp3) is 0.438. The number of nitrogens with zero attached hydrogens (tertiary/aromatic N) is 4. The minimum atomic E-state index is -4.09. The fourth-order valence-electron chi connectivity index (χ4n) is 4.82. The molecule has 0 fully saturated rings. The number of hydrogen-bond donors (Lipinski definition) is 5. The van der Waals surface area contributed by atoms with Gasteiger partial charge in [0.2, 0.25) is 15.9 Å². The Labute approximate surface area is 280 Å². The van der Waals surface area contributed by atoms with Crippen LogP contribution in [0.25, 0.3) is 0 Å². The number of urea groups is 1. The Hall–Kier alpha value is -3.89. The van der Waals surface area contributed by atoms with Gasteiger partial charge < -0.3 is 31.0 Å². The summed E-state index contributed by atoms with van der Waals surface area (Å²) in [7, 11) is -2.55. The first kappa shape index (κ1) is 37.6. The molecule has 15 heteroatoms. The third-order valence-corrected chi connectivity index (χ3v) is 9.90. The van der Waals surface area contributed by atoms with Crippen LogP contribution < -0.4 is 10.6 Å². The van der Waals surface area contributed by atoms with Crippen LogP contribution in [0.15, 0.2) is 70.0 Å². The second-order valence-electron chi connectivity index (χ2n) is 11.8. The van der Waals surface area contributed by atoms with E-state index in [1.807, 2.05) is 44.4 Å². The zero-order valence-electron chi connectivity index (χ0n) is 27.1. The van der Waals surface area contributed by atoms with Crippen molar-refractivity contribution in [3.8, 4) is 0 Å². The average Bonchev–Trinajstić information content (AvgIpc) is 3.43. The lowest BCUT2D eigenvalue weighted by Gasteiger charge is -2.32. The van der Waals surface area contributed by atoms with Crippen LogP contribution in [0, 0.1) is 12.8 Å². The standard InChI is InChI=1S/C32H44N6O7S2/c1-21(2)17-38(47(44,45)27-13-11-25(12-14-27)16-33-43)19-29(40)28(15-24-9-7-6-8-10-24)35-31(41)30(22(3)39)36-32(42)37(5)18-26-20-46-23(4)34-26/h6-14,16,20-22,28-30,39-40,43H,15,17-19H2,1-5H3,(H,35,41)(H,36,42)/t22-,28+,29+,30+/m1/s1. The van der Waals surface area contributed by atoms with E-state index in [2.05, 4.69) is 20.8 Å². The van der Waals surface area contributed by atoms with Crippen LogP contribution in [0.2, 0.25) is 0 Å². The SMILES string of the molecule is Cc1nc(CN(C)C(=O)N[C@H](C(=O)N[C@@H](Cc2ccccc2)[C@@H](O)CN(CC(C)C)S(=O)(=O)c2ccc(C=NO)cc2)[C@@H](C)O)cs1. The molecule has 0 saturated carbocycles. The van der Waals surface area contributed by atoms with Crippen molar-refractivity contribution in [2.45, 2.75) is 69.8 Å². The maximum absolute atomic E-state index is 13.7. The van der Waals surface area contributed by atoms with E-state index in [1.165, 1.54) is 57.9 Å². The van der Waals surface area contributed by atoms with Gasteiger partial charge in [-0.1, -0.05) is 61.5 Å². The third-order valence-electron chi connectivity index (χ3n) is 7.23. The van der Waals surface area contributed by atoms with Crippen molar-refractivity contribution < 1.29 is 33.4 Å². The van der Waals surface area contributed by atoms with Crippen molar-refractivity contribution in [2.24, 2.45) is 11.1 Å². The van der Waals surface area contributed by atoms with E-state index in [-0.39, 0.29) is 36.9 Å². The third kappa shape index (κ3) is 11.1. The van der Waals surface area contributed by atoms with E-state index in [0.717, 1.165) is 10.6 Å². The summed E-state index contributed by atoms with van der Waals surface area (Å²) in [6, 6.07) is 11.9. The molecular weight excluding hydrogens is 645 g/mol. The fourth-order valence-corrected chi connectivity index (χ4v) is 7.05. The highest BCUT2D eigenvalue weighted by atomic mass is 32.2. The van der Waals surface area contributed by atoms with Crippen molar-refractivity contribution in [2.75, 3.05) is 20.1 Å². The molecule has 47 heavy (non-hydrogen) atoms. The average molecular weight is 689 g/mol. The molecule has 4 atom stereocenters. The second-order valence-corrected chi connectivity index (χ2v) is 14.8. The van der Waals surface area contributed by atoms with Gasteiger partial charge in [-0.3, -0.25) is 4.79 Å². The van der Waals surface area contributed by atoms with Crippen molar-refractivity contribution in [3.05, 3.63) is 81.8 Å². The van der Waals surface area contributed by atoms with E-state index in [9.17, 15) is 28.2 Å². The van der Waals surface area contributed by atoms with Crippen molar-refractivity contribution >= 4 is 39.5 Å². The van der Waals surface area contributed by atoms with Crippen LogP contribution in [0.1, 0.15) is 42.6 Å². The van der Waals surface area contributed by atoms with Gasteiger partial charge in [0.05, 0.1) is 46.6 Å². The number of hydrogen-bond acceptors (Lipinski definition) is 10. The number of amides is 3. The first-order chi connectivity index (χ1) is 22.2. The molecule has 13 nitrogen and oxygen atoms in total. The number of carbonyl (C=O) groups is 2. The number of rotatable bonds is 16. The molecular formula is C32H44N6O7S2. The molecule has 0 aliphatic rings. The predicted molar refractivity (Wildman–Crippen MR) is 180 cm³/mol. The number of benzene rings is 2. The van der Waals surface area contributed by atoms with Gasteiger partial charge in [-0.25, -0.2) is 18.2 Å². The Morgan fingerprint density at radius 3 is 2.23 bits per heavy atom. The predicted octanol–water partition coefficient (Wildman–Crippen LogP) is 2.59. The van der Waals surface area contributed by atoms with E-state index in [0.29, 0.717) is 11.3 Å². The molecule has 2 aromatic carbocycles. The van der Waals surface area contributed by atoms with E-state index >= 15 is 0 Å². The second kappa shape index (κ2) is 17.3. The summed E-state index contributed by atoms with van der Waals surface area (Å²) >= 11 is 1.45.